The summed E-state index contributed by atoms with van der Waals surface area (Å²) in [4.78, 5) is 15.6. The van der Waals surface area contributed by atoms with Gasteiger partial charge in [-0.25, -0.2) is 14.2 Å². The van der Waals surface area contributed by atoms with Gasteiger partial charge in [0.1, 0.15) is 17.6 Å². The van der Waals surface area contributed by atoms with Gasteiger partial charge in [-0.15, -0.1) is 0 Å². The maximum absolute atomic E-state index is 13.6. The number of rotatable bonds is 4. The van der Waals surface area contributed by atoms with Gasteiger partial charge in [-0.3, -0.25) is 4.40 Å². The molecule has 2 aromatic heterocycles. The lowest BCUT2D eigenvalue weighted by Gasteiger charge is -2.16. The number of alkyl halides is 3. The first-order valence-electron chi connectivity index (χ1n) is 8.34. The number of nitrogens with zero attached hydrogens (tertiary/aromatic N) is 2. The first-order chi connectivity index (χ1) is 13.1. The highest BCUT2D eigenvalue weighted by atomic mass is 19.4. The zero-order valence-electron chi connectivity index (χ0n) is 14.9. The Morgan fingerprint density at radius 2 is 1.89 bits per heavy atom. The minimum atomic E-state index is -4.85. The second-order valence-electron chi connectivity index (χ2n) is 6.10. The number of aliphatic hydroxyl groups excluding tert-OH is 1. The molecule has 0 bridgehead atoms. The molecule has 1 unspecified atom stereocenters. The first-order valence-corrected chi connectivity index (χ1v) is 8.34. The molecule has 9 heteroatoms. The molecule has 148 valence electrons. The van der Waals surface area contributed by atoms with Crippen molar-refractivity contribution in [2.45, 2.75) is 26.1 Å². The molecule has 0 aliphatic heterocycles. The van der Waals surface area contributed by atoms with E-state index in [1.807, 2.05) is 0 Å². The second-order valence-corrected chi connectivity index (χ2v) is 6.10. The average molecular weight is 396 g/mol. The molecule has 1 aromatic carbocycles. The van der Waals surface area contributed by atoms with E-state index in [2.05, 4.69) is 4.98 Å². The fraction of sp³-hybridized carbons (Fsp3) is 0.263. The lowest BCUT2D eigenvalue weighted by molar-refractivity contribution is -0.142. The van der Waals surface area contributed by atoms with Gasteiger partial charge in [0.25, 0.3) is 0 Å². The highest BCUT2D eigenvalue weighted by molar-refractivity contribution is 5.90. The lowest BCUT2D eigenvalue weighted by atomic mass is 10.0. The van der Waals surface area contributed by atoms with E-state index in [0.717, 1.165) is 16.5 Å². The number of carbonyl (C=O) groups is 1. The Morgan fingerprint density at radius 3 is 2.46 bits per heavy atom. The molecule has 1 atom stereocenters. The minimum absolute atomic E-state index is 0.0494. The van der Waals surface area contributed by atoms with Crippen molar-refractivity contribution < 1.29 is 32.2 Å². The summed E-state index contributed by atoms with van der Waals surface area (Å²) in [6.45, 7) is 3.20. The van der Waals surface area contributed by atoms with E-state index in [4.69, 9.17) is 4.74 Å². The number of hydrogen-bond acceptors (Lipinski definition) is 4. The molecule has 0 amide bonds. The van der Waals surface area contributed by atoms with Crippen LogP contribution in [-0.4, -0.2) is 27.1 Å². The van der Waals surface area contributed by atoms with Crippen LogP contribution < -0.4 is 0 Å². The van der Waals surface area contributed by atoms with Crippen LogP contribution in [0.4, 0.5) is 17.6 Å². The van der Waals surface area contributed by atoms with Gasteiger partial charge in [0.2, 0.25) is 0 Å². The van der Waals surface area contributed by atoms with Crippen molar-refractivity contribution in [1.82, 2.24) is 9.38 Å². The standard InChI is InChI=1S/C19H16F4N2O3/c1-3-28-18(27)12-8-10(2)25-14(9-12)24-17(19(21,22)23)15(25)16(26)11-4-6-13(20)7-5-11/h4-9,16,26H,3H2,1-2H3. The third-order valence-corrected chi connectivity index (χ3v) is 4.17. The molecule has 0 saturated carbocycles. The van der Waals surface area contributed by atoms with Crippen molar-refractivity contribution in [2.24, 2.45) is 0 Å². The molecule has 3 aromatic rings. The Kier molecular flexibility index (Phi) is 5.12. The van der Waals surface area contributed by atoms with Crippen LogP contribution in [0, 0.1) is 12.7 Å². The number of ether oxygens (including phenoxy) is 1. The smallest absolute Gasteiger partial charge is 0.435 e. The summed E-state index contributed by atoms with van der Waals surface area (Å²) in [5.41, 5.74) is -1.59. The molecule has 0 aliphatic rings. The van der Waals surface area contributed by atoms with Crippen molar-refractivity contribution in [3.05, 3.63) is 70.4 Å². The number of fused-ring (bicyclic) bond motifs is 1. The predicted octanol–water partition coefficient (Wildman–Crippen LogP) is 4.06. The van der Waals surface area contributed by atoms with E-state index >= 15 is 0 Å². The predicted molar refractivity (Wildman–Crippen MR) is 91.3 cm³/mol. The van der Waals surface area contributed by atoms with E-state index in [-0.39, 0.29) is 29.1 Å². The summed E-state index contributed by atoms with van der Waals surface area (Å²) in [5.74, 6) is -1.27. The number of aliphatic hydroxyl groups is 1. The van der Waals surface area contributed by atoms with Crippen LogP contribution in [0.1, 0.15) is 46.0 Å². The molecule has 0 saturated heterocycles. The quantitative estimate of drug-likeness (QED) is 0.534. The lowest BCUT2D eigenvalue weighted by Crippen LogP contribution is -2.15. The Morgan fingerprint density at radius 1 is 1.25 bits per heavy atom. The topological polar surface area (TPSA) is 63.8 Å². The van der Waals surface area contributed by atoms with Gasteiger partial charge in [0, 0.05) is 5.69 Å². The number of benzene rings is 1. The molecule has 0 aliphatic carbocycles. The summed E-state index contributed by atoms with van der Waals surface area (Å²) < 4.78 is 59.9. The monoisotopic (exact) mass is 396 g/mol. The van der Waals surface area contributed by atoms with E-state index in [1.54, 1.807) is 6.92 Å². The molecule has 2 heterocycles. The highest BCUT2D eigenvalue weighted by Gasteiger charge is 2.40. The van der Waals surface area contributed by atoms with E-state index in [1.165, 1.54) is 31.2 Å². The summed E-state index contributed by atoms with van der Waals surface area (Å²) in [6, 6.07) is 7.00. The maximum Gasteiger partial charge on any atom is 0.435 e. The van der Waals surface area contributed by atoms with Crippen molar-refractivity contribution in [3.8, 4) is 0 Å². The van der Waals surface area contributed by atoms with Gasteiger partial charge in [-0.05, 0) is 43.7 Å². The van der Waals surface area contributed by atoms with Crippen LogP contribution in [0.2, 0.25) is 0 Å². The molecule has 0 radical (unpaired) electrons. The molecule has 1 N–H and O–H groups in total. The third-order valence-electron chi connectivity index (χ3n) is 4.17. The zero-order valence-corrected chi connectivity index (χ0v) is 14.9. The SMILES string of the molecule is CCOC(=O)c1cc(C)n2c(C(O)c3ccc(F)cc3)c(C(F)(F)F)nc2c1. The van der Waals surface area contributed by atoms with Crippen molar-refractivity contribution in [3.63, 3.8) is 0 Å². The van der Waals surface area contributed by atoms with Crippen LogP contribution in [0.5, 0.6) is 0 Å². The van der Waals surface area contributed by atoms with Crippen molar-refractivity contribution in [2.75, 3.05) is 6.61 Å². The number of esters is 1. The molecule has 3 rings (SSSR count). The maximum atomic E-state index is 13.6. The molecule has 0 fully saturated rings. The van der Waals surface area contributed by atoms with Gasteiger partial charge >= 0.3 is 12.1 Å². The largest absolute Gasteiger partial charge is 0.462 e. The van der Waals surface area contributed by atoms with Crippen molar-refractivity contribution in [1.29, 1.82) is 0 Å². The number of pyridine rings is 1. The molecular formula is C19H16F4N2O3. The number of carbonyl (C=O) groups excluding carboxylic acids is 1. The summed E-state index contributed by atoms with van der Waals surface area (Å²) in [6.07, 6.45) is -6.56. The zero-order chi connectivity index (χ0) is 20.6. The van der Waals surface area contributed by atoms with E-state index in [0.29, 0.717) is 0 Å². The molecule has 28 heavy (non-hydrogen) atoms. The average Bonchev–Trinajstić information content (AvgIpc) is 3.02. The Bertz CT molecular complexity index is 1030. The summed E-state index contributed by atoms with van der Waals surface area (Å²) in [7, 11) is 0. The fourth-order valence-electron chi connectivity index (χ4n) is 2.98. The molecular weight excluding hydrogens is 380 g/mol. The van der Waals surface area contributed by atoms with Gasteiger partial charge in [-0.2, -0.15) is 13.2 Å². The number of halogens is 4. The van der Waals surface area contributed by atoms with Crippen LogP contribution >= 0.6 is 0 Å². The van der Waals surface area contributed by atoms with Gasteiger partial charge < -0.3 is 9.84 Å². The highest BCUT2D eigenvalue weighted by Crippen LogP contribution is 2.37. The third kappa shape index (κ3) is 3.57. The molecule has 5 nitrogen and oxygen atoms in total. The summed E-state index contributed by atoms with van der Waals surface area (Å²) in [5, 5.41) is 10.6. The number of aromatic nitrogens is 2. The van der Waals surface area contributed by atoms with E-state index < -0.39 is 35.5 Å². The van der Waals surface area contributed by atoms with Crippen molar-refractivity contribution >= 4 is 11.6 Å². The van der Waals surface area contributed by atoms with Gasteiger partial charge in [-0.1, -0.05) is 12.1 Å². The van der Waals surface area contributed by atoms with Crippen LogP contribution in [0.25, 0.3) is 5.65 Å². The summed E-state index contributed by atoms with van der Waals surface area (Å²) >= 11 is 0. The van der Waals surface area contributed by atoms with Gasteiger partial charge in [0.05, 0.1) is 17.9 Å². The van der Waals surface area contributed by atoms with Gasteiger partial charge in [0.15, 0.2) is 5.69 Å². The normalized spacial score (nSPS) is 13.0. The Labute approximate surface area is 157 Å². The second kappa shape index (κ2) is 7.23. The fourth-order valence-corrected chi connectivity index (χ4v) is 2.98. The molecule has 0 spiro atoms. The number of hydrogen-bond donors (Lipinski definition) is 1. The van der Waals surface area contributed by atoms with Crippen LogP contribution in [0.15, 0.2) is 36.4 Å². The van der Waals surface area contributed by atoms with Crippen LogP contribution in [-0.2, 0) is 10.9 Å². The Balaban J connectivity index is 2.24. The number of imidazole rings is 1. The minimum Gasteiger partial charge on any atom is -0.462 e. The Hall–Kier alpha value is -2.94. The van der Waals surface area contributed by atoms with E-state index in [9.17, 15) is 27.5 Å². The number of aryl methyl sites for hydroxylation is 1. The first kappa shape index (κ1) is 19.8. The van der Waals surface area contributed by atoms with Crippen LogP contribution in [0.3, 0.4) is 0 Å².